The highest BCUT2D eigenvalue weighted by molar-refractivity contribution is 5.48. The second kappa shape index (κ2) is 5.91. The van der Waals surface area contributed by atoms with Crippen LogP contribution in [0.25, 0.3) is 0 Å². The van der Waals surface area contributed by atoms with Crippen molar-refractivity contribution >= 4 is 5.82 Å². The molecule has 2 heterocycles. The lowest BCUT2D eigenvalue weighted by molar-refractivity contribution is 0.199. The molecular formula is C16H27N3. The van der Waals surface area contributed by atoms with Gasteiger partial charge in [0.25, 0.3) is 0 Å². The Labute approximate surface area is 117 Å². The van der Waals surface area contributed by atoms with Crippen molar-refractivity contribution in [3.8, 4) is 0 Å². The molecule has 3 heteroatoms. The monoisotopic (exact) mass is 261 g/mol. The molecule has 1 aromatic heterocycles. The maximum Gasteiger partial charge on any atom is 0.133 e. The number of hydrogen-bond donors (Lipinski definition) is 1. The van der Waals surface area contributed by atoms with Gasteiger partial charge in [0.2, 0.25) is 0 Å². The predicted molar refractivity (Wildman–Crippen MR) is 81.3 cm³/mol. The second-order valence-corrected chi connectivity index (χ2v) is 5.83. The molecule has 0 atom stereocenters. The smallest absolute Gasteiger partial charge is 0.133 e. The van der Waals surface area contributed by atoms with Gasteiger partial charge in [0.05, 0.1) is 0 Å². The zero-order valence-corrected chi connectivity index (χ0v) is 12.6. The first-order valence-electron chi connectivity index (χ1n) is 7.55. The van der Waals surface area contributed by atoms with Crippen LogP contribution in [0.5, 0.6) is 0 Å². The minimum Gasteiger partial charge on any atom is -0.356 e. The third-order valence-electron chi connectivity index (χ3n) is 4.94. The fourth-order valence-electron chi connectivity index (χ4n) is 3.15. The molecule has 2 rings (SSSR count). The molecule has 2 N–H and O–H groups in total. The van der Waals surface area contributed by atoms with E-state index in [0.29, 0.717) is 12.0 Å². The van der Waals surface area contributed by atoms with E-state index in [9.17, 15) is 0 Å². The van der Waals surface area contributed by atoms with Crippen LogP contribution in [0.2, 0.25) is 0 Å². The van der Waals surface area contributed by atoms with Gasteiger partial charge in [-0.3, -0.25) is 0 Å². The van der Waals surface area contributed by atoms with Crippen LogP contribution in [0.3, 0.4) is 0 Å². The minimum atomic E-state index is 0.559. The average molecular weight is 261 g/mol. The van der Waals surface area contributed by atoms with Crippen molar-refractivity contribution in [3.63, 3.8) is 0 Å². The minimum absolute atomic E-state index is 0.559. The average Bonchev–Trinajstić information content (AvgIpc) is 2.47. The number of aryl methyl sites for hydroxylation is 1. The van der Waals surface area contributed by atoms with E-state index in [1.165, 1.54) is 31.2 Å². The summed E-state index contributed by atoms with van der Waals surface area (Å²) in [7, 11) is 0. The lowest BCUT2D eigenvalue weighted by Gasteiger charge is -2.42. The zero-order valence-electron chi connectivity index (χ0n) is 12.6. The van der Waals surface area contributed by atoms with Crippen molar-refractivity contribution in [2.75, 3.05) is 18.0 Å². The van der Waals surface area contributed by atoms with Crippen LogP contribution in [0, 0.1) is 12.3 Å². The van der Waals surface area contributed by atoms with Crippen molar-refractivity contribution in [1.29, 1.82) is 0 Å². The summed E-state index contributed by atoms with van der Waals surface area (Å²) >= 11 is 0. The molecule has 1 aliphatic heterocycles. The van der Waals surface area contributed by atoms with E-state index in [-0.39, 0.29) is 0 Å². The number of rotatable bonds is 4. The third kappa shape index (κ3) is 2.92. The molecule has 106 valence electrons. The summed E-state index contributed by atoms with van der Waals surface area (Å²) in [5.41, 5.74) is 8.66. The Bertz CT molecular complexity index is 414. The van der Waals surface area contributed by atoms with E-state index in [1.807, 2.05) is 0 Å². The molecule has 0 saturated carbocycles. The van der Waals surface area contributed by atoms with Crippen molar-refractivity contribution in [3.05, 3.63) is 23.4 Å². The highest BCUT2D eigenvalue weighted by Crippen LogP contribution is 2.39. The normalized spacial score (nSPS) is 18.6. The molecular weight excluding hydrogens is 234 g/mol. The van der Waals surface area contributed by atoms with Crippen LogP contribution in [0.4, 0.5) is 5.82 Å². The van der Waals surface area contributed by atoms with Crippen molar-refractivity contribution in [2.45, 2.75) is 53.0 Å². The lowest BCUT2D eigenvalue weighted by atomic mass is 9.74. The predicted octanol–water partition coefficient (Wildman–Crippen LogP) is 3.26. The summed E-state index contributed by atoms with van der Waals surface area (Å²) in [4.78, 5) is 7.14. The molecule has 1 aliphatic rings. The number of hydrogen-bond acceptors (Lipinski definition) is 3. The summed E-state index contributed by atoms with van der Waals surface area (Å²) in [6.07, 6.45) is 5.14. The number of nitrogens with zero attached hydrogens (tertiary/aromatic N) is 2. The maximum absolute atomic E-state index is 5.85. The van der Waals surface area contributed by atoms with Crippen molar-refractivity contribution in [2.24, 2.45) is 11.1 Å². The van der Waals surface area contributed by atoms with Crippen LogP contribution in [-0.2, 0) is 6.54 Å². The van der Waals surface area contributed by atoms with Crippen LogP contribution in [0.1, 0.15) is 50.8 Å². The van der Waals surface area contributed by atoms with E-state index in [2.05, 4.69) is 37.8 Å². The number of aromatic nitrogens is 1. The lowest BCUT2D eigenvalue weighted by Crippen LogP contribution is -2.40. The molecule has 1 saturated heterocycles. The highest BCUT2D eigenvalue weighted by atomic mass is 15.2. The molecule has 0 aliphatic carbocycles. The van der Waals surface area contributed by atoms with E-state index in [0.717, 1.165) is 24.6 Å². The number of anilines is 1. The molecule has 0 bridgehead atoms. The van der Waals surface area contributed by atoms with E-state index in [4.69, 9.17) is 10.7 Å². The van der Waals surface area contributed by atoms with Gasteiger partial charge in [0.1, 0.15) is 5.82 Å². The Hall–Kier alpha value is -1.09. The van der Waals surface area contributed by atoms with Gasteiger partial charge < -0.3 is 10.6 Å². The van der Waals surface area contributed by atoms with Crippen LogP contribution >= 0.6 is 0 Å². The molecule has 3 nitrogen and oxygen atoms in total. The quantitative estimate of drug-likeness (QED) is 0.904. The number of pyridine rings is 1. The van der Waals surface area contributed by atoms with Crippen molar-refractivity contribution in [1.82, 2.24) is 4.98 Å². The third-order valence-corrected chi connectivity index (χ3v) is 4.94. The first-order valence-corrected chi connectivity index (χ1v) is 7.55. The Morgan fingerprint density at radius 1 is 1.21 bits per heavy atom. The first kappa shape index (κ1) is 14.3. The van der Waals surface area contributed by atoms with Gasteiger partial charge in [0, 0.05) is 30.9 Å². The Morgan fingerprint density at radius 3 is 2.37 bits per heavy atom. The van der Waals surface area contributed by atoms with Crippen LogP contribution < -0.4 is 10.6 Å². The summed E-state index contributed by atoms with van der Waals surface area (Å²) in [6, 6.07) is 4.18. The fraction of sp³-hybridized carbons (Fsp3) is 0.688. The van der Waals surface area contributed by atoms with Gasteiger partial charge >= 0.3 is 0 Å². The van der Waals surface area contributed by atoms with Gasteiger partial charge in [-0.05, 0) is 31.2 Å². The summed E-state index contributed by atoms with van der Waals surface area (Å²) in [5, 5.41) is 0. The van der Waals surface area contributed by atoms with E-state index in [1.54, 1.807) is 0 Å². The molecule has 0 unspecified atom stereocenters. The Morgan fingerprint density at radius 2 is 1.84 bits per heavy atom. The molecule has 0 amide bonds. The Kier molecular flexibility index (Phi) is 4.46. The van der Waals surface area contributed by atoms with E-state index < -0.39 is 0 Å². The highest BCUT2D eigenvalue weighted by Gasteiger charge is 2.32. The van der Waals surface area contributed by atoms with Crippen LogP contribution in [0.15, 0.2) is 12.1 Å². The molecule has 0 radical (unpaired) electrons. The van der Waals surface area contributed by atoms with Gasteiger partial charge in [-0.2, -0.15) is 0 Å². The molecule has 0 aromatic carbocycles. The molecule has 1 fully saturated rings. The van der Waals surface area contributed by atoms with Gasteiger partial charge in [-0.15, -0.1) is 0 Å². The molecule has 19 heavy (non-hydrogen) atoms. The first-order chi connectivity index (χ1) is 9.14. The summed E-state index contributed by atoms with van der Waals surface area (Å²) in [5.74, 6) is 1.11. The molecule has 1 aromatic rings. The second-order valence-electron chi connectivity index (χ2n) is 5.83. The summed E-state index contributed by atoms with van der Waals surface area (Å²) < 4.78 is 0. The number of nitrogens with two attached hydrogens (primary N) is 1. The molecule has 0 spiro atoms. The zero-order chi connectivity index (χ0) is 13.9. The van der Waals surface area contributed by atoms with Crippen molar-refractivity contribution < 1.29 is 0 Å². The standard InChI is InChI=1S/C16H27N3/c1-4-16(5-2)8-10-19(11-9-16)15-14(12-17)7-6-13(3)18-15/h6-7H,4-5,8-12,17H2,1-3H3. The summed E-state index contributed by atoms with van der Waals surface area (Å²) in [6.45, 7) is 9.52. The van der Waals surface area contributed by atoms with Crippen LogP contribution in [-0.4, -0.2) is 18.1 Å². The fourth-order valence-corrected chi connectivity index (χ4v) is 3.15. The topological polar surface area (TPSA) is 42.2 Å². The maximum atomic E-state index is 5.85. The van der Waals surface area contributed by atoms with Gasteiger partial charge in [-0.1, -0.05) is 32.8 Å². The number of piperidine rings is 1. The largest absolute Gasteiger partial charge is 0.356 e. The van der Waals surface area contributed by atoms with Gasteiger partial charge in [0.15, 0.2) is 0 Å². The SMILES string of the molecule is CCC1(CC)CCN(c2nc(C)ccc2CN)CC1. The van der Waals surface area contributed by atoms with E-state index >= 15 is 0 Å². The Balaban J connectivity index is 2.15. The van der Waals surface area contributed by atoms with Gasteiger partial charge in [-0.25, -0.2) is 4.98 Å².